The SMILES string of the molecule is Cc1ccc(Cn2c(=O)c(C(=O)Nc3ccc(Nc4ccccc4)cc3)cc3cccnc32)cc1. The van der Waals surface area contributed by atoms with Gasteiger partial charge < -0.3 is 10.6 Å². The molecule has 0 saturated heterocycles. The summed E-state index contributed by atoms with van der Waals surface area (Å²) < 4.78 is 1.56. The van der Waals surface area contributed by atoms with Crippen molar-refractivity contribution in [3.8, 4) is 0 Å². The number of aromatic nitrogens is 2. The molecule has 3 aromatic carbocycles. The summed E-state index contributed by atoms with van der Waals surface area (Å²) in [7, 11) is 0. The van der Waals surface area contributed by atoms with E-state index in [1.165, 1.54) is 0 Å². The van der Waals surface area contributed by atoms with E-state index in [0.717, 1.165) is 27.9 Å². The molecule has 0 fully saturated rings. The Balaban J connectivity index is 1.42. The molecule has 2 heterocycles. The Morgan fingerprint density at radius 3 is 2.26 bits per heavy atom. The van der Waals surface area contributed by atoms with Gasteiger partial charge in [-0.3, -0.25) is 14.2 Å². The molecule has 0 aliphatic carbocycles. The fourth-order valence-electron chi connectivity index (χ4n) is 3.92. The van der Waals surface area contributed by atoms with E-state index in [9.17, 15) is 9.59 Å². The number of nitrogens with one attached hydrogen (secondary N) is 2. The van der Waals surface area contributed by atoms with Crippen LogP contribution in [-0.4, -0.2) is 15.5 Å². The van der Waals surface area contributed by atoms with Crippen molar-refractivity contribution in [3.05, 3.63) is 130 Å². The van der Waals surface area contributed by atoms with Gasteiger partial charge >= 0.3 is 0 Å². The van der Waals surface area contributed by atoms with Gasteiger partial charge in [-0.1, -0.05) is 48.0 Å². The van der Waals surface area contributed by atoms with Gasteiger partial charge in [-0.25, -0.2) is 4.98 Å². The highest BCUT2D eigenvalue weighted by Gasteiger charge is 2.17. The summed E-state index contributed by atoms with van der Waals surface area (Å²) in [6, 6.07) is 30.4. The number of benzene rings is 3. The van der Waals surface area contributed by atoms with Crippen molar-refractivity contribution < 1.29 is 4.79 Å². The van der Waals surface area contributed by atoms with Gasteiger partial charge in [0, 0.05) is 28.6 Å². The van der Waals surface area contributed by atoms with E-state index in [4.69, 9.17) is 0 Å². The maximum absolute atomic E-state index is 13.4. The number of fused-ring (bicyclic) bond motifs is 1. The van der Waals surface area contributed by atoms with Gasteiger partial charge in [-0.15, -0.1) is 0 Å². The zero-order valence-corrected chi connectivity index (χ0v) is 19.2. The second-order valence-electron chi connectivity index (χ2n) is 8.37. The summed E-state index contributed by atoms with van der Waals surface area (Å²) in [6.07, 6.45) is 1.65. The first kappa shape index (κ1) is 22.1. The summed E-state index contributed by atoms with van der Waals surface area (Å²) in [4.78, 5) is 30.9. The maximum Gasteiger partial charge on any atom is 0.265 e. The first-order valence-electron chi connectivity index (χ1n) is 11.3. The van der Waals surface area contributed by atoms with E-state index in [-0.39, 0.29) is 11.1 Å². The van der Waals surface area contributed by atoms with Gasteiger partial charge in [0.2, 0.25) is 0 Å². The summed E-state index contributed by atoms with van der Waals surface area (Å²) in [5, 5.41) is 6.89. The lowest BCUT2D eigenvalue weighted by atomic mass is 10.1. The van der Waals surface area contributed by atoms with Crippen LogP contribution < -0.4 is 16.2 Å². The predicted molar refractivity (Wildman–Crippen MR) is 140 cm³/mol. The van der Waals surface area contributed by atoms with Crippen molar-refractivity contribution in [2.45, 2.75) is 13.5 Å². The molecule has 6 nitrogen and oxygen atoms in total. The molecule has 0 atom stereocenters. The number of pyridine rings is 2. The molecule has 0 spiro atoms. The number of rotatable bonds is 6. The molecule has 1 amide bonds. The molecule has 2 N–H and O–H groups in total. The third-order valence-corrected chi connectivity index (χ3v) is 5.76. The molecule has 0 bridgehead atoms. The Kier molecular flexibility index (Phi) is 6.09. The number of carbonyl (C=O) groups is 1. The van der Waals surface area contributed by atoms with Crippen molar-refractivity contribution in [3.63, 3.8) is 0 Å². The highest BCUT2D eigenvalue weighted by atomic mass is 16.2. The first-order chi connectivity index (χ1) is 17.1. The average molecular weight is 461 g/mol. The number of aryl methyl sites for hydroxylation is 1. The second kappa shape index (κ2) is 9.65. The van der Waals surface area contributed by atoms with Gasteiger partial charge in [0.25, 0.3) is 11.5 Å². The van der Waals surface area contributed by atoms with Crippen LogP contribution in [0, 0.1) is 6.92 Å². The standard InChI is InChI=1S/C29H24N4O2/c1-20-9-11-21(12-10-20)19-33-27-22(6-5-17-30-27)18-26(29(33)35)28(34)32-25-15-13-24(14-16-25)31-23-7-3-2-4-8-23/h2-18,31H,19H2,1H3,(H,32,34). The highest BCUT2D eigenvalue weighted by Crippen LogP contribution is 2.20. The van der Waals surface area contributed by atoms with Gasteiger partial charge in [0.05, 0.1) is 6.54 Å². The molecule has 0 unspecified atom stereocenters. The predicted octanol–water partition coefficient (Wildman–Crippen LogP) is 5.75. The minimum absolute atomic E-state index is 0.0732. The topological polar surface area (TPSA) is 76.0 Å². The molecular formula is C29H24N4O2. The molecule has 0 aliphatic rings. The third-order valence-electron chi connectivity index (χ3n) is 5.76. The number of para-hydroxylation sites is 1. The van der Waals surface area contributed by atoms with Crippen molar-refractivity contribution >= 4 is 34.0 Å². The van der Waals surface area contributed by atoms with Crippen LogP contribution in [0.5, 0.6) is 0 Å². The lowest BCUT2D eigenvalue weighted by Gasteiger charge is -2.13. The zero-order valence-electron chi connectivity index (χ0n) is 19.2. The Bertz CT molecular complexity index is 1540. The number of carbonyl (C=O) groups excluding carboxylic acids is 1. The van der Waals surface area contributed by atoms with Gasteiger partial charge in [0.1, 0.15) is 11.2 Å². The molecule has 6 heteroatoms. The monoisotopic (exact) mass is 460 g/mol. The van der Waals surface area contributed by atoms with Crippen molar-refractivity contribution in [1.29, 1.82) is 0 Å². The first-order valence-corrected chi connectivity index (χ1v) is 11.3. The van der Waals surface area contributed by atoms with Crippen molar-refractivity contribution in [2.24, 2.45) is 0 Å². The van der Waals surface area contributed by atoms with Gasteiger partial charge in [-0.05, 0) is 67.1 Å². The Morgan fingerprint density at radius 1 is 0.829 bits per heavy atom. The third kappa shape index (κ3) is 4.96. The Hall–Kier alpha value is -4.71. The second-order valence-corrected chi connectivity index (χ2v) is 8.37. The van der Waals surface area contributed by atoms with Crippen LogP contribution in [0.4, 0.5) is 17.1 Å². The fraction of sp³-hybridized carbons (Fsp3) is 0.0690. The van der Waals surface area contributed by atoms with Crippen molar-refractivity contribution in [1.82, 2.24) is 9.55 Å². The molecule has 5 rings (SSSR count). The molecule has 0 aliphatic heterocycles. The number of hydrogen-bond donors (Lipinski definition) is 2. The van der Waals surface area contributed by atoms with Gasteiger partial charge in [-0.2, -0.15) is 0 Å². The molecule has 2 aromatic heterocycles. The Morgan fingerprint density at radius 2 is 1.51 bits per heavy atom. The van der Waals surface area contributed by atoms with Crippen LogP contribution in [-0.2, 0) is 6.54 Å². The number of amides is 1. The van der Waals surface area contributed by atoms with Crippen LogP contribution in [0.15, 0.2) is 108 Å². The van der Waals surface area contributed by atoms with E-state index < -0.39 is 5.91 Å². The molecule has 5 aromatic rings. The quantitative estimate of drug-likeness (QED) is 0.338. The highest BCUT2D eigenvalue weighted by molar-refractivity contribution is 6.05. The van der Waals surface area contributed by atoms with E-state index in [1.54, 1.807) is 35.0 Å². The lowest BCUT2D eigenvalue weighted by molar-refractivity contribution is 0.102. The maximum atomic E-state index is 13.4. The molecular weight excluding hydrogens is 436 g/mol. The van der Waals surface area contributed by atoms with Crippen LogP contribution in [0.2, 0.25) is 0 Å². The molecule has 35 heavy (non-hydrogen) atoms. The zero-order chi connectivity index (χ0) is 24.2. The fourth-order valence-corrected chi connectivity index (χ4v) is 3.92. The largest absolute Gasteiger partial charge is 0.356 e. The van der Waals surface area contributed by atoms with Crippen molar-refractivity contribution in [2.75, 3.05) is 10.6 Å². The number of hydrogen-bond acceptors (Lipinski definition) is 4. The van der Waals surface area contributed by atoms with Crippen LogP contribution >= 0.6 is 0 Å². The number of nitrogens with zero attached hydrogens (tertiary/aromatic N) is 2. The van der Waals surface area contributed by atoms with Crippen LogP contribution in [0.3, 0.4) is 0 Å². The summed E-state index contributed by atoms with van der Waals surface area (Å²) in [5.41, 5.74) is 4.82. The Labute approximate surface area is 202 Å². The van der Waals surface area contributed by atoms with Crippen LogP contribution in [0.1, 0.15) is 21.5 Å². The number of anilines is 3. The summed E-state index contributed by atoms with van der Waals surface area (Å²) in [5.74, 6) is -0.456. The average Bonchev–Trinajstić information content (AvgIpc) is 2.88. The van der Waals surface area contributed by atoms with Crippen LogP contribution in [0.25, 0.3) is 11.0 Å². The normalized spacial score (nSPS) is 10.8. The minimum Gasteiger partial charge on any atom is -0.356 e. The van der Waals surface area contributed by atoms with E-state index >= 15 is 0 Å². The van der Waals surface area contributed by atoms with E-state index in [0.29, 0.717) is 17.9 Å². The molecule has 0 radical (unpaired) electrons. The molecule has 0 saturated carbocycles. The minimum atomic E-state index is -0.456. The smallest absolute Gasteiger partial charge is 0.265 e. The summed E-state index contributed by atoms with van der Waals surface area (Å²) >= 11 is 0. The lowest BCUT2D eigenvalue weighted by Crippen LogP contribution is -2.30. The summed E-state index contributed by atoms with van der Waals surface area (Å²) in [6.45, 7) is 2.34. The van der Waals surface area contributed by atoms with E-state index in [2.05, 4.69) is 15.6 Å². The van der Waals surface area contributed by atoms with E-state index in [1.807, 2.05) is 79.7 Å². The molecule has 172 valence electrons. The van der Waals surface area contributed by atoms with Gasteiger partial charge in [0.15, 0.2) is 0 Å².